The number of nitrogens with two attached hydrogens (primary N) is 1. The minimum atomic E-state index is -0.396. The Morgan fingerprint density at radius 3 is 2.78 bits per heavy atom. The van der Waals surface area contributed by atoms with Crippen LogP contribution in [0, 0.1) is 6.92 Å². The molecule has 3 aromatic rings. The van der Waals surface area contributed by atoms with Gasteiger partial charge in [0.25, 0.3) is 0 Å². The van der Waals surface area contributed by atoms with Crippen LogP contribution in [-0.2, 0) is 7.05 Å². The summed E-state index contributed by atoms with van der Waals surface area (Å²) in [7, 11) is 1.92. The molecule has 0 saturated carbocycles. The second kappa shape index (κ2) is 3.53. The highest BCUT2D eigenvalue weighted by atomic mass is 16.5. The summed E-state index contributed by atoms with van der Waals surface area (Å²) in [6, 6.07) is 8.04. The molecule has 0 spiro atoms. The number of benzene rings is 1. The summed E-state index contributed by atoms with van der Waals surface area (Å²) in [5, 5.41) is 3.38. The monoisotopic (exact) mass is 243 g/mol. The molecule has 0 saturated heterocycles. The molecule has 18 heavy (non-hydrogen) atoms. The maximum atomic E-state index is 11.3. The zero-order chi connectivity index (χ0) is 12.9. The molecule has 2 heterocycles. The zero-order valence-electron chi connectivity index (χ0n) is 10.2. The molecular weight excluding hydrogens is 230 g/mol. The molecule has 0 atom stereocenters. The van der Waals surface area contributed by atoms with Crippen LogP contribution in [0.15, 0.2) is 33.6 Å². The van der Waals surface area contributed by atoms with Gasteiger partial charge in [-0.1, -0.05) is 12.1 Å². The minimum absolute atomic E-state index is 0.110. The number of aromatic amines is 1. The van der Waals surface area contributed by atoms with Crippen LogP contribution < -0.4 is 11.3 Å². The molecule has 2 aromatic heterocycles. The predicted molar refractivity (Wildman–Crippen MR) is 70.4 cm³/mol. The minimum Gasteiger partial charge on any atom is -0.391 e. The third-order valence-corrected chi connectivity index (χ3v) is 3.27. The van der Waals surface area contributed by atoms with E-state index in [9.17, 15) is 4.79 Å². The maximum absolute atomic E-state index is 11.3. The number of fused-ring (bicyclic) bond motifs is 1. The van der Waals surface area contributed by atoms with Crippen LogP contribution in [0.5, 0.6) is 0 Å². The Labute approximate surface area is 103 Å². The summed E-state index contributed by atoms with van der Waals surface area (Å²) in [5.74, 6) is 0.387. The first-order valence-electron chi connectivity index (χ1n) is 5.62. The van der Waals surface area contributed by atoms with Gasteiger partial charge < -0.3 is 14.8 Å². The van der Waals surface area contributed by atoms with E-state index in [0.29, 0.717) is 5.76 Å². The van der Waals surface area contributed by atoms with E-state index in [1.807, 2.05) is 42.8 Å². The fourth-order valence-corrected chi connectivity index (χ4v) is 2.23. The predicted octanol–water partition coefficient (Wildman–Crippen LogP) is 2.02. The summed E-state index contributed by atoms with van der Waals surface area (Å²) < 4.78 is 7.11. The molecule has 0 amide bonds. The van der Waals surface area contributed by atoms with E-state index in [1.165, 1.54) is 5.56 Å². The standard InChI is InChI=1S/C13H13N3O2/c1-7-4-3-5-9-8(7)6-10(16(9)2)12-11(14)13(17)15-18-12/h3-6H,14H2,1-2H3,(H,15,17). The molecule has 0 aliphatic carbocycles. The first-order valence-corrected chi connectivity index (χ1v) is 5.62. The summed E-state index contributed by atoms with van der Waals surface area (Å²) in [4.78, 5) is 11.3. The van der Waals surface area contributed by atoms with Gasteiger partial charge in [0.15, 0.2) is 0 Å². The lowest BCUT2D eigenvalue weighted by Gasteiger charge is -2.01. The highest BCUT2D eigenvalue weighted by molar-refractivity contribution is 5.90. The maximum Gasteiger partial charge on any atom is 0.303 e. The van der Waals surface area contributed by atoms with Crippen molar-refractivity contribution in [2.45, 2.75) is 6.92 Å². The molecule has 0 unspecified atom stereocenters. The van der Waals surface area contributed by atoms with Crippen LogP contribution in [-0.4, -0.2) is 9.72 Å². The first kappa shape index (κ1) is 10.7. The smallest absolute Gasteiger partial charge is 0.303 e. The average molecular weight is 243 g/mol. The quantitative estimate of drug-likeness (QED) is 0.686. The van der Waals surface area contributed by atoms with Crippen molar-refractivity contribution in [1.82, 2.24) is 9.72 Å². The van der Waals surface area contributed by atoms with Crippen molar-refractivity contribution < 1.29 is 4.52 Å². The molecule has 5 nitrogen and oxygen atoms in total. The number of anilines is 1. The Morgan fingerprint density at radius 1 is 1.39 bits per heavy atom. The van der Waals surface area contributed by atoms with Crippen LogP contribution in [0.3, 0.4) is 0 Å². The van der Waals surface area contributed by atoms with Crippen LogP contribution in [0.4, 0.5) is 5.69 Å². The van der Waals surface area contributed by atoms with E-state index >= 15 is 0 Å². The van der Waals surface area contributed by atoms with Crippen molar-refractivity contribution in [2.24, 2.45) is 7.05 Å². The Balaban J connectivity index is 2.37. The van der Waals surface area contributed by atoms with Crippen LogP contribution >= 0.6 is 0 Å². The third kappa shape index (κ3) is 1.30. The molecule has 0 aliphatic rings. The van der Waals surface area contributed by atoms with Gasteiger partial charge in [-0.25, -0.2) is 0 Å². The molecule has 92 valence electrons. The van der Waals surface area contributed by atoms with Gasteiger partial charge in [-0.05, 0) is 24.6 Å². The molecule has 0 aliphatic heterocycles. The van der Waals surface area contributed by atoms with Gasteiger partial charge in [0, 0.05) is 18.0 Å². The molecule has 0 fully saturated rings. The lowest BCUT2D eigenvalue weighted by Crippen LogP contribution is -2.05. The van der Waals surface area contributed by atoms with E-state index in [0.717, 1.165) is 16.6 Å². The van der Waals surface area contributed by atoms with Crippen molar-refractivity contribution in [3.63, 3.8) is 0 Å². The molecule has 3 rings (SSSR count). The number of nitrogens with zero attached hydrogens (tertiary/aromatic N) is 1. The van der Waals surface area contributed by atoms with E-state index in [2.05, 4.69) is 5.16 Å². The molecule has 3 N–H and O–H groups in total. The van der Waals surface area contributed by atoms with Gasteiger partial charge in [0.05, 0.1) is 5.69 Å². The second-order valence-electron chi connectivity index (χ2n) is 4.37. The van der Waals surface area contributed by atoms with Crippen LogP contribution in [0.2, 0.25) is 0 Å². The number of aromatic nitrogens is 2. The highest BCUT2D eigenvalue weighted by Crippen LogP contribution is 2.30. The van der Waals surface area contributed by atoms with Gasteiger partial charge in [-0.3, -0.25) is 4.79 Å². The Morgan fingerprint density at radius 2 is 2.17 bits per heavy atom. The van der Waals surface area contributed by atoms with Crippen molar-refractivity contribution in [1.29, 1.82) is 0 Å². The summed E-state index contributed by atoms with van der Waals surface area (Å²) in [6.07, 6.45) is 0. The number of nitrogen functional groups attached to an aromatic ring is 1. The number of aryl methyl sites for hydroxylation is 2. The summed E-state index contributed by atoms with van der Waals surface area (Å²) in [6.45, 7) is 2.04. The normalized spacial score (nSPS) is 11.2. The first-order chi connectivity index (χ1) is 8.59. The molecule has 0 bridgehead atoms. The SMILES string of the molecule is Cc1cccc2c1cc(-c1o[nH]c(=O)c1N)n2C. The number of nitrogens with one attached hydrogen (secondary N) is 1. The summed E-state index contributed by atoms with van der Waals surface area (Å²) >= 11 is 0. The number of hydrogen-bond acceptors (Lipinski definition) is 3. The second-order valence-corrected chi connectivity index (χ2v) is 4.37. The van der Waals surface area contributed by atoms with Gasteiger partial charge in [0.1, 0.15) is 5.69 Å². The Bertz CT molecular complexity index is 792. The van der Waals surface area contributed by atoms with Gasteiger partial charge in [-0.2, -0.15) is 5.16 Å². The number of H-pyrrole nitrogens is 1. The van der Waals surface area contributed by atoms with Crippen molar-refractivity contribution in [3.8, 4) is 11.5 Å². The van der Waals surface area contributed by atoms with Gasteiger partial charge in [0.2, 0.25) is 5.76 Å². The molecule has 0 radical (unpaired) electrons. The van der Waals surface area contributed by atoms with Crippen molar-refractivity contribution in [3.05, 3.63) is 40.2 Å². The van der Waals surface area contributed by atoms with Crippen molar-refractivity contribution >= 4 is 16.6 Å². The van der Waals surface area contributed by atoms with E-state index < -0.39 is 5.56 Å². The third-order valence-electron chi connectivity index (χ3n) is 3.27. The van der Waals surface area contributed by atoms with Crippen LogP contribution in [0.1, 0.15) is 5.56 Å². The van der Waals surface area contributed by atoms with E-state index in [4.69, 9.17) is 10.3 Å². The fraction of sp³-hybridized carbons (Fsp3) is 0.154. The fourth-order valence-electron chi connectivity index (χ4n) is 2.23. The van der Waals surface area contributed by atoms with Gasteiger partial charge >= 0.3 is 5.56 Å². The number of hydrogen-bond donors (Lipinski definition) is 2. The number of rotatable bonds is 1. The topological polar surface area (TPSA) is 76.9 Å². The van der Waals surface area contributed by atoms with E-state index in [-0.39, 0.29) is 5.69 Å². The molecular formula is C13H13N3O2. The molecule has 5 heteroatoms. The average Bonchev–Trinajstić information content (AvgIpc) is 2.84. The van der Waals surface area contributed by atoms with Crippen LogP contribution in [0.25, 0.3) is 22.4 Å². The lowest BCUT2D eigenvalue weighted by molar-refractivity contribution is 0.424. The highest BCUT2D eigenvalue weighted by Gasteiger charge is 2.17. The lowest BCUT2D eigenvalue weighted by atomic mass is 10.1. The van der Waals surface area contributed by atoms with E-state index in [1.54, 1.807) is 0 Å². The Kier molecular flexibility index (Phi) is 2.10. The summed E-state index contributed by atoms with van der Waals surface area (Å²) in [5.41, 5.74) is 8.46. The largest absolute Gasteiger partial charge is 0.391 e. The van der Waals surface area contributed by atoms with Crippen molar-refractivity contribution in [2.75, 3.05) is 5.73 Å². The Hall–Kier alpha value is -2.43. The molecule has 1 aromatic carbocycles. The van der Waals surface area contributed by atoms with Gasteiger partial charge in [-0.15, -0.1) is 0 Å². The zero-order valence-corrected chi connectivity index (χ0v) is 10.2.